The third kappa shape index (κ3) is 5.78. The quantitative estimate of drug-likeness (QED) is 0.347. The average Bonchev–Trinajstić information content (AvgIpc) is 2.56. The molecule has 0 atom stereocenters. The van der Waals surface area contributed by atoms with Gasteiger partial charge >= 0.3 is 5.63 Å². The van der Waals surface area contributed by atoms with E-state index in [4.69, 9.17) is 18.6 Å². The standard InChI is InChI=1S/C22H30O5/c1-7-8-9-10-14-24-20-19(25-15(2)3)16-12-11-13-17(27-22(4,5)6)18(16)26-21(20)23/h8-9,11-13,15H,7,10,14H2,1-6H3. The number of allylic oxidation sites excluding steroid dienone is 1. The summed E-state index contributed by atoms with van der Waals surface area (Å²) in [6.07, 6.45) is 5.65. The first-order valence-corrected chi connectivity index (χ1v) is 9.46. The number of hydrogen-bond donors (Lipinski definition) is 0. The van der Waals surface area contributed by atoms with Crippen LogP contribution in [0.4, 0.5) is 0 Å². The molecule has 0 saturated heterocycles. The van der Waals surface area contributed by atoms with E-state index in [0.717, 1.165) is 6.42 Å². The predicted molar refractivity (Wildman–Crippen MR) is 108 cm³/mol. The molecule has 0 aliphatic rings. The van der Waals surface area contributed by atoms with E-state index in [0.29, 0.717) is 35.5 Å². The van der Waals surface area contributed by atoms with Crippen LogP contribution in [0.25, 0.3) is 11.0 Å². The van der Waals surface area contributed by atoms with Crippen molar-refractivity contribution in [3.8, 4) is 17.2 Å². The monoisotopic (exact) mass is 374 g/mol. The lowest BCUT2D eigenvalue weighted by Crippen LogP contribution is -2.23. The van der Waals surface area contributed by atoms with Crippen molar-refractivity contribution in [2.24, 2.45) is 0 Å². The Morgan fingerprint density at radius 2 is 1.89 bits per heavy atom. The summed E-state index contributed by atoms with van der Waals surface area (Å²) in [5, 5.41) is 0.657. The van der Waals surface area contributed by atoms with Crippen molar-refractivity contribution < 1.29 is 18.6 Å². The van der Waals surface area contributed by atoms with Gasteiger partial charge in [0.05, 0.1) is 18.1 Å². The van der Waals surface area contributed by atoms with Crippen LogP contribution < -0.4 is 19.8 Å². The Balaban J connectivity index is 2.51. The van der Waals surface area contributed by atoms with E-state index in [1.807, 2.05) is 52.8 Å². The molecule has 5 nitrogen and oxygen atoms in total. The molecule has 0 fully saturated rings. The van der Waals surface area contributed by atoms with Crippen LogP contribution in [0, 0.1) is 0 Å². The van der Waals surface area contributed by atoms with Gasteiger partial charge in [0.15, 0.2) is 17.1 Å². The van der Waals surface area contributed by atoms with Crippen molar-refractivity contribution in [2.45, 2.75) is 66.1 Å². The van der Waals surface area contributed by atoms with Gasteiger partial charge in [-0.2, -0.15) is 0 Å². The van der Waals surface area contributed by atoms with Crippen LogP contribution >= 0.6 is 0 Å². The van der Waals surface area contributed by atoms with Crippen LogP contribution in [0.1, 0.15) is 54.4 Å². The molecule has 2 rings (SSSR count). The fraction of sp³-hybridized carbons (Fsp3) is 0.500. The molecule has 2 aromatic rings. The number of rotatable bonds is 8. The normalized spacial score (nSPS) is 12.1. The van der Waals surface area contributed by atoms with Crippen molar-refractivity contribution in [3.05, 3.63) is 40.8 Å². The summed E-state index contributed by atoms with van der Waals surface area (Å²) in [4.78, 5) is 12.6. The zero-order chi connectivity index (χ0) is 20.0. The van der Waals surface area contributed by atoms with E-state index in [9.17, 15) is 4.79 Å². The van der Waals surface area contributed by atoms with E-state index >= 15 is 0 Å². The number of ether oxygens (including phenoxy) is 3. The van der Waals surface area contributed by atoms with Crippen LogP contribution in [0.3, 0.4) is 0 Å². The Bertz CT molecular complexity index is 840. The Morgan fingerprint density at radius 1 is 1.15 bits per heavy atom. The fourth-order valence-corrected chi connectivity index (χ4v) is 2.55. The fourth-order valence-electron chi connectivity index (χ4n) is 2.55. The van der Waals surface area contributed by atoms with E-state index in [-0.39, 0.29) is 11.9 Å². The second-order valence-corrected chi connectivity index (χ2v) is 7.58. The second-order valence-electron chi connectivity index (χ2n) is 7.58. The minimum atomic E-state index is -0.567. The van der Waals surface area contributed by atoms with Crippen LogP contribution in [-0.2, 0) is 0 Å². The summed E-state index contributed by atoms with van der Waals surface area (Å²) in [6.45, 7) is 12.1. The summed E-state index contributed by atoms with van der Waals surface area (Å²) in [6, 6.07) is 5.48. The molecule has 27 heavy (non-hydrogen) atoms. The molecule has 1 heterocycles. The molecular weight excluding hydrogens is 344 g/mol. The van der Waals surface area contributed by atoms with E-state index < -0.39 is 11.2 Å². The third-order valence-corrected chi connectivity index (χ3v) is 3.51. The van der Waals surface area contributed by atoms with Gasteiger partial charge in [-0.15, -0.1) is 0 Å². The van der Waals surface area contributed by atoms with Crippen molar-refractivity contribution in [1.29, 1.82) is 0 Å². The number of hydrogen-bond acceptors (Lipinski definition) is 5. The minimum Gasteiger partial charge on any atom is -0.486 e. The maximum Gasteiger partial charge on any atom is 0.383 e. The maximum atomic E-state index is 12.6. The van der Waals surface area contributed by atoms with Gasteiger partial charge in [-0.3, -0.25) is 0 Å². The van der Waals surface area contributed by atoms with E-state index in [1.54, 1.807) is 6.07 Å². The van der Waals surface area contributed by atoms with Crippen LogP contribution in [0.15, 0.2) is 39.6 Å². The maximum absolute atomic E-state index is 12.6. The van der Waals surface area contributed by atoms with Gasteiger partial charge in [0, 0.05) is 0 Å². The lowest BCUT2D eigenvalue weighted by atomic mass is 10.1. The molecule has 0 N–H and O–H groups in total. The van der Waals surface area contributed by atoms with Crippen molar-refractivity contribution in [2.75, 3.05) is 6.61 Å². The molecule has 0 spiro atoms. The molecule has 0 unspecified atom stereocenters. The topological polar surface area (TPSA) is 57.9 Å². The summed E-state index contributed by atoms with van der Waals surface area (Å²) >= 11 is 0. The van der Waals surface area contributed by atoms with Crippen molar-refractivity contribution in [3.63, 3.8) is 0 Å². The Kier molecular flexibility index (Phi) is 6.94. The van der Waals surface area contributed by atoms with E-state index in [1.165, 1.54) is 0 Å². The Hall–Kier alpha value is -2.43. The molecular formula is C22H30O5. The number of para-hydroxylation sites is 1. The molecule has 0 aliphatic heterocycles. The van der Waals surface area contributed by atoms with Crippen LogP contribution in [-0.4, -0.2) is 18.3 Å². The highest BCUT2D eigenvalue weighted by Gasteiger charge is 2.22. The largest absolute Gasteiger partial charge is 0.486 e. The highest BCUT2D eigenvalue weighted by Crippen LogP contribution is 2.38. The summed E-state index contributed by atoms with van der Waals surface area (Å²) in [5.74, 6) is 1.01. The molecule has 148 valence electrons. The summed E-state index contributed by atoms with van der Waals surface area (Å²) < 4.78 is 23.2. The molecule has 0 aliphatic carbocycles. The number of fused-ring (bicyclic) bond motifs is 1. The lowest BCUT2D eigenvalue weighted by molar-refractivity contribution is 0.131. The summed E-state index contributed by atoms with van der Waals surface area (Å²) in [7, 11) is 0. The van der Waals surface area contributed by atoms with Gasteiger partial charge in [-0.1, -0.05) is 25.1 Å². The zero-order valence-corrected chi connectivity index (χ0v) is 17.1. The predicted octanol–water partition coefficient (Wildman–Crippen LogP) is 5.49. The lowest BCUT2D eigenvalue weighted by Gasteiger charge is -2.22. The van der Waals surface area contributed by atoms with Crippen molar-refractivity contribution >= 4 is 11.0 Å². The molecule has 0 amide bonds. The molecule has 0 saturated carbocycles. The van der Waals surface area contributed by atoms with Gasteiger partial charge in [-0.25, -0.2) is 4.79 Å². The van der Waals surface area contributed by atoms with Crippen LogP contribution in [0.5, 0.6) is 17.2 Å². The third-order valence-electron chi connectivity index (χ3n) is 3.51. The Morgan fingerprint density at radius 3 is 2.52 bits per heavy atom. The molecule has 5 heteroatoms. The minimum absolute atomic E-state index is 0.106. The molecule has 1 aromatic carbocycles. The van der Waals surface area contributed by atoms with Crippen molar-refractivity contribution in [1.82, 2.24) is 0 Å². The smallest absolute Gasteiger partial charge is 0.383 e. The van der Waals surface area contributed by atoms with Gasteiger partial charge in [-0.05, 0) is 59.6 Å². The van der Waals surface area contributed by atoms with Gasteiger partial charge in [0.25, 0.3) is 0 Å². The first-order chi connectivity index (χ1) is 12.7. The first-order valence-electron chi connectivity index (χ1n) is 9.46. The molecule has 0 radical (unpaired) electrons. The SMILES string of the molecule is CCC=CCCOc1c(OC(C)C)c2cccc(OC(C)(C)C)c2oc1=O. The number of benzene rings is 1. The zero-order valence-electron chi connectivity index (χ0n) is 17.1. The molecule has 1 aromatic heterocycles. The van der Waals surface area contributed by atoms with Gasteiger partial charge in [0.1, 0.15) is 5.60 Å². The van der Waals surface area contributed by atoms with E-state index in [2.05, 4.69) is 13.0 Å². The highest BCUT2D eigenvalue weighted by atomic mass is 16.5. The second kappa shape index (κ2) is 8.98. The highest BCUT2D eigenvalue weighted by molar-refractivity contribution is 5.90. The average molecular weight is 374 g/mol. The summed E-state index contributed by atoms with van der Waals surface area (Å²) in [5.41, 5.74) is -0.624. The first kappa shape index (κ1) is 20.9. The molecule has 0 bridgehead atoms. The van der Waals surface area contributed by atoms with Gasteiger partial charge < -0.3 is 18.6 Å². The van der Waals surface area contributed by atoms with Crippen LogP contribution in [0.2, 0.25) is 0 Å². The Labute approximate surface area is 160 Å². The van der Waals surface area contributed by atoms with Gasteiger partial charge in [0.2, 0.25) is 5.75 Å².